The Bertz CT molecular complexity index is 512. The standard InChI is InChI=1S/C17H23NO2/c1-12-5-6-17-15(8-12)9-16(20-17)11-18-7-3-4-14(10-18)13(2)19/h5-6,8,14,16H,3-4,7,9-11H2,1-2H3. The van der Waals surface area contributed by atoms with E-state index in [1.165, 1.54) is 11.1 Å². The Hall–Kier alpha value is -1.35. The molecule has 3 rings (SSSR count). The van der Waals surface area contributed by atoms with Gasteiger partial charge in [0.2, 0.25) is 0 Å². The average molecular weight is 273 g/mol. The van der Waals surface area contributed by atoms with E-state index in [0.29, 0.717) is 5.78 Å². The molecule has 0 saturated carbocycles. The molecular formula is C17H23NO2. The monoisotopic (exact) mass is 273 g/mol. The number of hydrogen-bond acceptors (Lipinski definition) is 3. The number of aryl methyl sites for hydroxylation is 1. The first-order valence-electron chi connectivity index (χ1n) is 7.61. The minimum atomic E-state index is 0.231. The third kappa shape index (κ3) is 2.88. The van der Waals surface area contributed by atoms with Gasteiger partial charge in [0.05, 0.1) is 0 Å². The molecule has 0 radical (unpaired) electrons. The molecule has 2 aliphatic rings. The van der Waals surface area contributed by atoms with Crippen molar-refractivity contribution < 1.29 is 9.53 Å². The first-order chi connectivity index (χ1) is 9.61. The summed E-state index contributed by atoms with van der Waals surface area (Å²) in [6, 6.07) is 6.41. The van der Waals surface area contributed by atoms with E-state index in [4.69, 9.17) is 4.74 Å². The van der Waals surface area contributed by atoms with Crippen LogP contribution in [-0.4, -0.2) is 36.4 Å². The maximum absolute atomic E-state index is 11.5. The van der Waals surface area contributed by atoms with Crippen LogP contribution in [0, 0.1) is 12.8 Å². The zero-order chi connectivity index (χ0) is 14.1. The molecule has 0 amide bonds. The fourth-order valence-corrected chi connectivity index (χ4v) is 3.39. The van der Waals surface area contributed by atoms with E-state index in [0.717, 1.165) is 44.6 Å². The summed E-state index contributed by atoms with van der Waals surface area (Å²) in [6.07, 6.45) is 3.43. The molecule has 1 saturated heterocycles. The van der Waals surface area contributed by atoms with Crippen LogP contribution in [0.5, 0.6) is 5.75 Å². The number of ketones is 1. The molecule has 0 aromatic heterocycles. The van der Waals surface area contributed by atoms with Crippen molar-refractivity contribution in [2.45, 2.75) is 39.2 Å². The van der Waals surface area contributed by atoms with Crippen LogP contribution in [0.1, 0.15) is 30.9 Å². The van der Waals surface area contributed by atoms with Crippen molar-refractivity contribution >= 4 is 5.78 Å². The lowest BCUT2D eigenvalue weighted by Gasteiger charge is -2.32. The number of nitrogens with zero attached hydrogens (tertiary/aromatic N) is 1. The van der Waals surface area contributed by atoms with Gasteiger partial charge in [0.15, 0.2) is 0 Å². The molecule has 0 N–H and O–H groups in total. The van der Waals surface area contributed by atoms with Crippen molar-refractivity contribution in [2.75, 3.05) is 19.6 Å². The van der Waals surface area contributed by atoms with Gasteiger partial charge in [0.25, 0.3) is 0 Å². The van der Waals surface area contributed by atoms with Gasteiger partial charge in [0.1, 0.15) is 17.6 Å². The summed E-state index contributed by atoms with van der Waals surface area (Å²) in [4.78, 5) is 13.9. The molecule has 3 heteroatoms. The average Bonchev–Trinajstić information content (AvgIpc) is 2.80. The Balaban J connectivity index is 1.59. The van der Waals surface area contributed by atoms with E-state index in [1.807, 2.05) is 0 Å². The molecule has 108 valence electrons. The minimum absolute atomic E-state index is 0.231. The Morgan fingerprint density at radius 2 is 2.30 bits per heavy atom. The number of carbonyl (C=O) groups is 1. The molecule has 1 aromatic carbocycles. The Morgan fingerprint density at radius 3 is 3.10 bits per heavy atom. The molecule has 20 heavy (non-hydrogen) atoms. The van der Waals surface area contributed by atoms with Gasteiger partial charge in [-0.2, -0.15) is 0 Å². The third-order valence-electron chi connectivity index (χ3n) is 4.50. The first kappa shape index (κ1) is 13.6. The largest absolute Gasteiger partial charge is 0.488 e. The molecule has 0 aliphatic carbocycles. The van der Waals surface area contributed by atoms with Crippen molar-refractivity contribution in [3.05, 3.63) is 29.3 Å². The number of hydrogen-bond donors (Lipinski definition) is 0. The van der Waals surface area contributed by atoms with Gasteiger partial charge in [0, 0.05) is 25.4 Å². The molecule has 2 heterocycles. The highest BCUT2D eigenvalue weighted by atomic mass is 16.5. The van der Waals surface area contributed by atoms with E-state index < -0.39 is 0 Å². The van der Waals surface area contributed by atoms with E-state index in [-0.39, 0.29) is 12.0 Å². The van der Waals surface area contributed by atoms with Crippen LogP contribution in [0.15, 0.2) is 18.2 Å². The Morgan fingerprint density at radius 1 is 1.45 bits per heavy atom. The predicted molar refractivity (Wildman–Crippen MR) is 79.1 cm³/mol. The molecule has 2 aliphatic heterocycles. The van der Waals surface area contributed by atoms with Crippen LogP contribution in [0.3, 0.4) is 0 Å². The summed E-state index contributed by atoms with van der Waals surface area (Å²) in [7, 11) is 0. The van der Waals surface area contributed by atoms with Gasteiger partial charge >= 0.3 is 0 Å². The number of piperidine rings is 1. The van der Waals surface area contributed by atoms with Crippen molar-refractivity contribution in [1.82, 2.24) is 4.90 Å². The van der Waals surface area contributed by atoms with E-state index in [1.54, 1.807) is 6.92 Å². The smallest absolute Gasteiger partial charge is 0.134 e. The molecule has 1 fully saturated rings. The number of rotatable bonds is 3. The van der Waals surface area contributed by atoms with Crippen molar-refractivity contribution in [3.8, 4) is 5.75 Å². The molecule has 3 nitrogen and oxygen atoms in total. The summed E-state index contributed by atoms with van der Waals surface area (Å²) < 4.78 is 6.03. The molecule has 0 bridgehead atoms. The lowest BCUT2D eigenvalue weighted by atomic mass is 9.94. The second-order valence-electron chi connectivity index (χ2n) is 6.26. The predicted octanol–water partition coefficient (Wildman–Crippen LogP) is 2.60. The lowest BCUT2D eigenvalue weighted by molar-refractivity contribution is -0.122. The van der Waals surface area contributed by atoms with Gasteiger partial charge < -0.3 is 4.74 Å². The van der Waals surface area contributed by atoms with Gasteiger partial charge in [-0.3, -0.25) is 9.69 Å². The van der Waals surface area contributed by atoms with Crippen LogP contribution in [0.2, 0.25) is 0 Å². The van der Waals surface area contributed by atoms with E-state index in [2.05, 4.69) is 30.0 Å². The SMILES string of the molecule is CC(=O)C1CCCN(CC2Cc3cc(C)ccc3O2)C1. The number of ether oxygens (including phenoxy) is 1. The summed E-state index contributed by atoms with van der Waals surface area (Å²) >= 11 is 0. The zero-order valence-electron chi connectivity index (χ0n) is 12.4. The highest BCUT2D eigenvalue weighted by molar-refractivity contribution is 5.78. The van der Waals surface area contributed by atoms with E-state index >= 15 is 0 Å². The molecule has 2 atom stereocenters. The summed E-state index contributed by atoms with van der Waals surface area (Å²) in [5.74, 6) is 1.61. The molecule has 1 aromatic rings. The van der Waals surface area contributed by atoms with Gasteiger partial charge in [-0.1, -0.05) is 17.7 Å². The van der Waals surface area contributed by atoms with Crippen molar-refractivity contribution in [3.63, 3.8) is 0 Å². The van der Waals surface area contributed by atoms with Crippen molar-refractivity contribution in [2.24, 2.45) is 5.92 Å². The third-order valence-corrected chi connectivity index (χ3v) is 4.50. The van der Waals surface area contributed by atoms with Crippen LogP contribution < -0.4 is 4.74 Å². The first-order valence-corrected chi connectivity index (χ1v) is 7.61. The van der Waals surface area contributed by atoms with Crippen molar-refractivity contribution in [1.29, 1.82) is 0 Å². The fraction of sp³-hybridized carbons (Fsp3) is 0.588. The van der Waals surface area contributed by atoms with Crippen LogP contribution in [-0.2, 0) is 11.2 Å². The lowest BCUT2D eigenvalue weighted by Crippen LogP contribution is -2.43. The maximum Gasteiger partial charge on any atom is 0.134 e. The topological polar surface area (TPSA) is 29.5 Å². The second kappa shape index (κ2) is 5.57. The normalized spacial score (nSPS) is 26.1. The van der Waals surface area contributed by atoms with Gasteiger partial charge in [-0.25, -0.2) is 0 Å². The quantitative estimate of drug-likeness (QED) is 0.848. The highest BCUT2D eigenvalue weighted by Crippen LogP contribution is 2.30. The van der Waals surface area contributed by atoms with Gasteiger partial charge in [-0.05, 0) is 44.9 Å². The minimum Gasteiger partial charge on any atom is -0.488 e. The van der Waals surface area contributed by atoms with Crippen LogP contribution >= 0.6 is 0 Å². The van der Waals surface area contributed by atoms with Crippen LogP contribution in [0.25, 0.3) is 0 Å². The summed E-state index contributed by atoms with van der Waals surface area (Å²) in [6.45, 7) is 6.79. The Kier molecular flexibility index (Phi) is 3.79. The zero-order valence-corrected chi connectivity index (χ0v) is 12.4. The molecule has 0 spiro atoms. The number of carbonyl (C=O) groups excluding carboxylic acids is 1. The maximum atomic E-state index is 11.5. The summed E-state index contributed by atoms with van der Waals surface area (Å²) in [5, 5.41) is 0. The highest BCUT2D eigenvalue weighted by Gasteiger charge is 2.28. The fourth-order valence-electron chi connectivity index (χ4n) is 3.39. The Labute approximate surface area is 120 Å². The molecular weight excluding hydrogens is 250 g/mol. The number of fused-ring (bicyclic) bond motifs is 1. The molecule has 2 unspecified atom stereocenters. The number of Topliss-reactive ketones (excluding diaryl/α,β-unsaturated/α-hetero) is 1. The van der Waals surface area contributed by atoms with Gasteiger partial charge in [-0.15, -0.1) is 0 Å². The number of likely N-dealkylation sites (tertiary alicyclic amines) is 1. The number of benzene rings is 1. The summed E-state index contributed by atoms with van der Waals surface area (Å²) in [5.41, 5.74) is 2.62. The van der Waals surface area contributed by atoms with E-state index in [9.17, 15) is 4.79 Å². The van der Waals surface area contributed by atoms with Crippen LogP contribution in [0.4, 0.5) is 0 Å². The second-order valence-corrected chi connectivity index (χ2v) is 6.26.